The Balaban J connectivity index is 1.45. The molecule has 2 aromatic carbocycles. The van der Waals surface area contributed by atoms with Crippen LogP contribution >= 0.6 is 0 Å². The minimum absolute atomic E-state index is 0.385. The largest absolute Gasteiger partial charge is 0.417 e. The number of nitrogens with one attached hydrogen (secondary N) is 2. The average Bonchev–Trinajstić information content (AvgIpc) is 2.80. The number of nitrogens with zero attached hydrogens (tertiary/aromatic N) is 3. The maximum Gasteiger partial charge on any atom is 0.417 e. The first-order chi connectivity index (χ1) is 15.8. The molecule has 0 aliphatic carbocycles. The quantitative estimate of drug-likeness (QED) is 0.510. The third kappa shape index (κ3) is 5.60. The van der Waals surface area contributed by atoms with Crippen LogP contribution in [0.25, 0.3) is 0 Å². The number of anilines is 4. The number of hydrogen-bond acceptors (Lipinski definition) is 5. The Morgan fingerprint density at radius 1 is 0.939 bits per heavy atom. The van der Waals surface area contributed by atoms with Crippen LogP contribution < -0.4 is 15.5 Å². The number of aromatic nitrogens is 2. The topological polar surface area (TPSA) is 70.2 Å². The fourth-order valence-corrected chi connectivity index (χ4v) is 3.81. The Hall–Kier alpha value is -3.62. The lowest BCUT2D eigenvalue weighted by atomic mass is 10.1. The lowest BCUT2D eigenvalue weighted by Gasteiger charge is -2.28. The second kappa shape index (κ2) is 9.48. The Kier molecular flexibility index (Phi) is 6.48. The molecular formula is C24H24F3N5O. The third-order valence-electron chi connectivity index (χ3n) is 5.40. The summed E-state index contributed by atoms with van der Waals surface area (Å²) in [6, 6.07) is 13.3. The molecule has 0 bridgehead atoms. The van der Waals surface area contributed by atoms with Crippen molar-refractivity contribution in [2.24, 2.45) is 0 Å². The molecule has 3 aromatic rings. The first-order valence-electron chi connectivity index (χ1n) is 10.7. The predicted octanol–water partition coefficient (Wildman–Crippen LogP) is 5.79. The molecule has 0 spiro atoms. The average molecular weight is 455 g/mol. The molecule has 0 unspecified atom stereocenters. The van der Waals surface area contributed by atoms with E-state index in [9.17, 15) is 18.0 Å². The molecule has 1 saturated heterocycles. The molecule has 0 atom stereocenters. The number of piperidine rings is 1. The van der Waals surface area contributed by atoms with Gasteiger partial charge >= 0.3 is 6.18 Å². The van der Waals surface area contributed by atoms with Gasteiger partial charge in [0.1, 0.15) is 17.5 Å². The zero-order chi connectivity index (χ0) is 23.4. The van der Waals surface area contributed by atoms with Crippen molar-refractivity contribution in [2.75, 3.05) is 28.6 Å². The monoisotopic (exact) mass is 455 g/mol. The third-order valence-corrected chi connectivity index (χ3v) is 5.40. The normalized spacial score (nSPS) is 14.1. The minimum atomic E-state index is -4.61. The van der Waals surface area contributed by atoms with Crippen molar-refractivity contribution in [3.05, 3.63) is 71.5 Å². The second-order valence-corrected chi connectivity index (χ2v) is 7.91. The van der Waals surface area contributed by atoms with Gasteiger partial charge < -0.3 is 15.5 Å². The number of carbonyl (C=O) groups excluding carboxylic acids is 1. The molecule has 172 valence electrons. The summed E-state index contributed by atoms with van der Waals surface area (Å²) in [6.45, 7) is 3.79. The smallest absolute Gasteiger partial charge is 0.356 e. The Labute approximate surface area is 189 Å². The molecule has 1 aromatic heterocycles. The number of benzene rings is 2. The van der Waals surface area contributed by atoms with Crippen molar-refractivity contribution in [2.45, 2.75) is 32.4 Å². The molecule has 33 heavy (non-hydrogen) atoms. The van der Waals surface area contributed by atoms with Crippen molar-refractivity contribution < 1.29 is 18.0 Å². The molecule has 1 aliphatic heterocycles. The predicted molar refractivity (Wildman–Crippen MR) is 122 cm³/mol. The van der Waals surface area contributed by atoms with Gasteiger partial charge in [0.15, 0.2) is 0 Å². The molecule has 4 rings (SSSR count). The van der Waals surface area contributed by atoms with Gasteiger partial charge in [-0.05, 0) is 62.6 Å². The molecule has 1 amide bonds. The summed E-state index contributed by atoms with van der Waals surface area (Å²) in [7, 11) is 0. The number of amides is 1. The van der Waals surface area contributed by atoms with Crippen molar-refractivity contribution >= 4 is 28.9 Å². The summed E-state index contributed by atoms with van der Waals surface area (Å²) in [6.07, 6.45) is -1.08. The minimum Gasteiger partial charge on any atom is -0.356 e. The lowest BCUT2D eigenvalue weighted by Crippen LogP contribution is -2.30. The SMILES string of the molecule is Cc1nc(Nc2ccc(NC(=O)c3ccccc3C(F)(F)F)cc2)cc(N2CCCCC2)n1. The molecule has 1 aliphatic rings. The molecule has 9 heteroatoms. The van der Waals surface area contributed by atoms with E-state index >= 15 is 0 Å². The van der Waals surface area contributed by atoms with Crippen molar-refractivity contribution in [1.29, 1.82) is 0 Å². The summed E-state index contributed by atoms with van der Waals surface area (Å²) < 4.78 is 39.5. The van der Waals surface area contributed by atoms with E-state index < -0.39 is 23.2 Å². The standard InChI is InChI=1S/C24H24F3N5O/c1-16-28-21(15-22(29-16)32-13-5-2-6-14-32)30-17-9-11-18(12-10-17)31-23(33)19-7-3-4-8-20(19)24(25,26)27/h3-4,7-12,15H,2,5-6,13-14H2,1H3,(H,31,33)(H,28,29,30). The summed E-state index contributed by atoms with van der Waals surface area (Å²) in [5, 5.41) is 5.75. The van der Waals surface area contributed by atoms with Gasteiger partial charge in [0, 0.05) is 30.5 Å². The molecule has 2 N–H and O–H groups in total. The van der Waals surface area contributed by atoms with E-state index in [1.165, 1.54) is 18.6 Å². The molecular weight excluding hydrogens is 431 g/mol. The van der Waals surface area contributed by atoms with Crippen LogP contribution in [0.2, 0.25) is 0 Å². The fraction of sp³-hybridized carbons (Fsp3) is 0.292. The van der Waals surface area contributed by atoms with E-state index in [0.29, 0.717) is 17.3 Å². The summed E-state index contributed by atoms with van der Waals surface area (Å²) in [4.78, 5) is 23.7. The molecule has 6 nitrogen and oxygen atoms in total. The van der Waals surface area contributed by atoms with E-state index in [2.05, 4.69) is 25.5 Å². The highest BCUT2D eigenvalue weighted by atomic mass is 19.4. The molecule has 1 fully saturated rings. The number of carbonyl (C=O) groups is 1. The van der Waals surface area contributed by atoms with Gasteiger partial charge in [0.2, 0.25) is 0 Å². The molecule has 2 heterocycles. The number of halogens is 3. The first kappa shape index (κ1) is 22.6. The van der Waals surface area contributed by atoms with E-state index in [4.69, 9.17) is 0 Å². The van der Waals surface area contributed by atoms with Crippen LogP contribution in [0.5, 0.6) is 0 Å². The van der Waals surface area contributed by atoms with Gasteiger partial charge in [-0.2, -0.15) is 13.2 Å². The highest BCUT2D eigenvalue weighted by Crippen LogP contribution is 2.32. The number of hydrogen-bond donors (Lipinski definition) is 2. The van der Waals surface area contributed by atoms with Crippen LogP contribution in [0.4, 0.5) is 36.2 Å². The van der Waals surface area contributed by atoms with Gasteiger partial charge in [-0.25, -0.2) is 9.97 Å². The first-order valence-corrected chi connectivity index (χ1v) is 10.7. The van der Waals surface area contributed by atoms with E-state index in [-0.39, 0.29) is 0 Å². The summed E-state index contributed by atoms with van der Waals surface area (Å²) in [5.74, 6) is 1.38. The fourth-order valence-electron chi connectivity index (χ4n) is 3.81. The van der Waals surface area contributed by atoms with E-state index in [0.717, 1.165) is 49.6 Å². The van der Waals surface area contributed by atoms with Gasteiger partial charge in [-0.15, -0.1) is 0 Å². The summed E-state index contributed by atoms with van der Waals surface area (Å²) in [5.41, 5.74) is -0.278. The number of aryl methyl sites for hydroxylation is 1. The van der Waals surface area contributed by atoms with Gasteiger partial charge in [-0.3, -0.25) is 4.79 Å². The van der Waals surface area contributed by atoms with Crippen LogP contribution in [0.15, 0.2) is 54.6 Å². The van der Waals surface area contributed by atoms with Crippen molar-refractivity contribution in [1.82, 2.24) is 9.97 Å². The number of alkyl halides is 3. The van der Waals surface area contributed by atoms with Gasteiger partial charge in [0.25, 0.3) is 5.91 Å². The van der Waals surface area contributed by atoms with E-state index in [1.807, 2.05) is 13.0 Å². The Bertz CT molecular complexity index is 1130. The highest BCUT2D eigenvalue weighted by Gasteiger charge is 2.34. The van der Waals surface area contributed by atoms with Crippen molar-refractivity contribution in [3.63, 3.8) is 0 Å². The van der Waals surface area contributed by atoms with Crippen LogP contribution in [0.1, 0.15) is 41.0 Å². The van der Waals surface area contributed by atoms with Gasteiger partial charge in [0.05, 0.1) is 11.1 Å². The highest BCUT2D eigenvalue weighted by molar-refractivity contribution is 6.05. The summed E-state index contributed by atoms with van der Waals surface area (Å²) >= 11 is 0. The number of rotatable bonds is 5. The second-order valence-electron chi connectivity index (χ2n) is 7.91. The van der Waals surface area contributed by atoms with Gasteiger partial charge in [-0.1, -0.05) is 12.1 Å². The van der Waals surface area contributed by atoms with Crippen LogP contribution in [-0.4, -0.2) is 29.0 Å². The molecule has 0 saturated carbocycles. The van der Waals surface area contributed by atoms with Crippen LogP contribution in [0, 0.1) is 6.92 Å². The zero-order valence-corrected chi connectivity index (χ0v) is 18.1. The lowest BCUT2D eigenvalue weighted by molar-refractivity contribution is -0.137. The van der Waals surface area contributed by atoms with Crippen LogP contribution in [-0.2, 0) is 6.18 Å². The van der Waals surface area contributed by atoms with Crippen LogP contribution in [0.3, 0.4) is 0 Å². The van der Waals surface area contributed by atoms with Crippen molar-refractivity contribution in [3.8, 4) is 0 Å². The maximum absolute atomic E-state index is 13.2. The Morgan fingerprint density at radius 2 is 1.61 bits per heavy atom. The maximum atomic E-state index is 13.2. The molecule has 0 radical (unpaired) electrons. The van der Waals surface area contributed by atoms with E-state index in [1.54, 1.807) is 24.3 Å². The Morgan fingerprint density at radius 3 is 2.30 bits per heavy atom. The zero-order valence-electron chi connectivity index (χ0n) is 18.1.